The van der Waals surface area contributed by atoms with Gasteiger partial charge in [-0.15, -0.1) is 6.58 Å². The molecule has 1 atom stereocenters. The van der Waals surface area contributed by atoms with Crippen molar-refractivity contribution >= 4 is 35.3 Å². The van der Waals surface area contributed by atoms with Crippen molar-refractivity contribution in [3.05, 3.63) is 125 Å². The van der Waals surface area contributed by atoms with Crippen molar-refractivity contribution in [2.24, 2.45) is 0 Å². The third-order valence-electron chi connectivity index (χ3n) is 7.64. The van der Waals surface area contributed by atoms with Crippen molar-refractivity contribution in [2.45, 2.75) is 46.3 Å². The first-order valence-corrected chi connectivity index (χ1v) is 15.9. The molecular formula is C39H41N3O7. The van der Waals surface area contributed by atoms with Gasteiger partial charge in [0.2, 0.25) is 0 Å². The highest BCUT2D eigenvalue weighted by Crippen LogP contribution is 2.29. The molecule has 3 amide bonds. The molecule has 0 unspecified atom stereocenters. The second-order valence-corrected chi connectivity index (χ2v) is 11.3. The van der Waals surface area contributed by atoms with Gasteiger partial charge in [-0.05, 0) is 84.8 Å². The number of hydrogen-bond acceptors (Lipinski definition) is 7. The quantitative estimate of drug-likeness (QED) is 0.0965. The summed E-state index contributed by atoms with van der Waals surface area (Å²) < 4.78 is 15.8. The van der Waals surface area contributed by atoms with E-state index in [9.17, 15) is 19.2 Å². The minimum absolute atomic E-state index is 0.0498. The van der Waals surface area contributed by atoms with Crippen LogP contribution in [0.4, 0.5) is 16.2 Å². The van der Waals surface area contributed by atoms with Crippen LogP contribution in [0.2, 0.25) is 0 Å². The molecule has 0 saturated carbocycles. The molecule has 10 heteroatoms. The molecule has 0 radical (unpaired) electrons. The lowest BCUT2D eigenvalue weighted by atomic mass is 10.0. The zero-order chi connectivity index (χ0) is 35.3. The number of benzene rings is 4. The Bertz CT molecular complexity index is 1780. The van der Waals surface area contributed by atoms with E-state index >= 15 is 0 Å². The second-order valence-electron chi connectivity index (χ2n) is 11.3. The van der Waals surface area contributed by atoms with Crippen LogP contribution in [0.5, 0.6) is 5.75 Å². The number of nitrogens with one attached hydrogen (secondary N) is 3. The highest BCUT2D eigenvalue weighted by Gasteiger charge is 2.28. The summed E-state index contributed by atoms with van der Waals surface area (Å²) in [6.07, 6.45) is 2.07. The third-order valence-corrected chi connectivity index (χ3v) is 7.64. The van der Waals surface area contributed by atoms with Gasteiger partial charge in [0.25, 0.3) is 5.91 Å². The number of carbonyl (C=O) groups is 4. The Labute approximate surface area is 286 Å². The molecule has 0 aliphatic rings. The van der Waals surface area contributed by atoms with Crippen LogP contribution in [0.1, 0.15) is 46.0 Å². The van der Waals surface area contributed by atoms with E-state index in [1.807, 2.05) is 62.4 Å². The summed E-state index contributed by atoms with van der Waals surface area (Å²) in [7, 11) is 1.58. The summed E-state index contributed by atoms with van der Waals surface area (Å²) in [5.74, 6) is -1.52. The van der Waals surface area contributed by atoms with Crippen LogP contribution in [-0.2, 0) is 32.1 Å². The smallest absolute Gasteiger partial charge is 0.329 e. The Morgan fingerprint density at radius 1 is 0.816 bits per heavy atom. The van der Waals surface area contributed by atoms with Crippen LogP contribution in [0.15, 0.2) is 97.6 Å². The van der Waals surface area contributed by atoms with Crippen LogP contribution in [0.25, 0.3) is 11.1 Å². The monoisotopic (exact) mass is 663 g/mol. The average molecular weight is 664 g/mol. The van der Waals surface area contributed by atoms with Crippen molar-refractivity contribution in [2.75, 3.05) is 24.4 Å². The van der Waals surface area contributed by atoms with E-state index in [-0.39, 0.29) is 24.5 Å². The van der Waals surface area contributed by atoms with Gasteiger partial charge in [0.15, 0.2) is 0 Å². The highest BCUT2D eigenvalue weighted by molar-refractivity contribution is 6.08. The molecule has 49 heavy (non-hydrogen) atoms. The lowest BCUT2D eigenvalue weighted by Crippen LogP contribution is -2.43. The van der Waals surface area contributed by atoms with Gasteiger partial charge in [0, 0.05) is 5.69 Å². The van der Waals surface area contributed by atoms with Gasteiger partial charge in [-0.3, -0.25) is 9.59 Å². The lowest BCUT2D eigenvalue weighted by molar-refractivity contribution is -0.153. The normalized spacial score (nSPS) is 11.1. The average Bonchev–Trinajstić information content (AvgIpc) is 3.09. The Morgan fingerprint density at radius 2 is 1.49 bits per heavy atom. The van der Waals surface area contributed by atoms with Crippen molar-refractivity contribution in [3.63, 3.8) is 0 Å². The van der Waals surface area contributed by atoms with Gasteiger partial charge in [0.1, 0.15) is 18.4 Å². The number of aryl methyl sites for hydroxylation is 2. The second kappa shape index (κ2) is 17.3. The van der Waals surface area contributed by atoms with E-state index in [4.69, 9.17) is 14.2 Å². The molecule has 4 rings (SSSR count). The van der Waals surface area contributed by atoms with Crippen LogP contribution in [0, 0.1) is 13.8 Å². The van der Waals surface area contributed by atoms with Gasteiger partial charge in [0.05, 0.1) is 31.4 Å². The summed E-state index contributed by atoms with van der Waals surface area (Å²) in [5.41, 5.74) is 5.94. The Morgan fingerprint density at radius 3 is 2.12 bits per heavy atom. The molecule has 10 nitrogen and oxygen atoms in total. The van der Waals surface area contributed by atoms with Gasteiger partial charge >= 0.3 is 18.0 Å². The maximum atomic E-state index is 13.8. The molecule has 0 saturated heterocycles. The highest BCUT2D eigenvalue weighted by atomic mass is 16.5. The summed E-state index contributed by atoms with van der Waals surface area (Å²) in [6.45, 7) is 9.30. The molecule has 254 valence electrons. The number of hydrogen-bond donors (Lipinski definition) is 3. The number of carbonyl (C=O) groups excluding carboxylic acids is 4. The van der Waals surface area contributed by atoms with Crippen LogP contribution < -0.4 is 20.7 Å². The first-order valence-electron chi connectivity index (χ1n) is 15.9. The summed E-state index contributed by atoms with van der Waals surface area (Å²) in [4.78, 5) is 52.9. The number of urea groups is 1. The van der Waals surface area contributed by atoms with Gasteiger partial charge in [-0.25, -0.2) is 9.59 Å². The first-order chi connectivity index (χ1) is 23.6. The fraction of sp³-hybridized carbons (Fsp3) is 0.231. The number of ether oxygens (including phenoxy) is 3. The standard InChI is InChI=1S/C39H41N3O7/c1-6-11-28-20-25(3)36(26(4)21-28)42-39(46)41-33-22-30(29-14-17-31(47-5)18-15-29)16-19-32(33)37(44)40-34(23-35(43)48-7-2)38(45)49-24-27-12-9-8-10-13-27/h6,8-10,12-22,34H,1,7,11,23-24H2,2-5H3,(H,40,44)(H2,41,42,46)/t34-/m0/s1. The van der Waals surface area contributed by atoms with Crippen molar-refractivity contribution < 1.29 is 33.4 Å². The third kappa shape index (κ3) is 10.0. The van der Waals surface area contributed by atoms with E-state index in [2.05, 4.69) is 22.5 Å². The molecule has 0 aliphatic heterocycles. The van der Waals surface area contributed by atoms with Gasteiger partial charge in [-0.2, -0.15) is 0 Å². The molecular weight excluding hydrogens is 622 g/mol. The van der Waals surface area contributed by atoms with Crippen molar-refractivity contribution in [3.8, 4) is 16.9 Å². The van der Waals surface area contributed by atoms with E-state index in [1.54, 1.807) is 56.5 Å². The van der Waals surface area contributed by atoms with Crippen molar-refractivity contribution in [1.82, 2.24) is 5.32 Å². The molecule has 3 N–H and O–H groups in total. The molecule has 4 aromatic rings. The Balaban J connectivity index is 1.63. The molecule has 0 aliphatic carbocycles. The molecule has 0 spiro atoms. The molecule has 0 aromatic heterocycles. The predicted molar refractivity (Wildman–Crippen MR) is 190 cm³/mol. The number of rotatable bonds is 14. The molecule has 0 bridgehead atoms. The maximum absolute atomic E-state index is 13.8. The molecule has 0 fully saturated rings. The van der Waals surface area contributed by atoms with Gasteiger partial charge < -0.3 is 30.2 Å². The number of methoxy groups -OCH3 is 1. The fourth-order valence-corrected chi connectivity index (χ4v) is 5.26. The zero-order valence-corrected chi connectivity index (χ0v) is 28.1. The number of amides is 3. The Kier molecular flexibility index (Phi) is 12.7. The summed E-state index contributed by atoms with van der Waals surface area (Å²) in [5, 5.41) is 8.35. The number of allylic oxidation sites excluding steroid dienone is 1. The van der Waals surface area contributed by atoms with Crippen LogP contribution in [-0.4, -0.2) is 43.6 Å². The van der Waals surface area contributed by atoms with E-state index in [1.165, 1.54) is 0 Å². The summed E-state index contributed by atoms with van der Waals surface area (Å²) in [6, 6.07) is 23.3. The number of anilines is 2. The van der Waals surface area contributed by atoms with E-state index in [0.717, 1.165) is 27.8 Å². The Hall–Kier alpha value is -5.90. The van der Waals surface area contributed by atoms with Crippen LogP contribution in [0.3, 0.4) is 0 Å². The van der Waals surface area contributed by atoms with E-state index in [0.29, 0.717) is 23.4 Å². The molecule has 4 aromatic carbocycles. The van der Waals surface area contributed by atoms with Crippen molar-refractivity contribution in [1.29, 1.82) is 0 Å². The summed E-state index contributed by atoms with van der Waals surface area (Å²) >= 11 is 0. The number of esters is 2. The minimum atomic E-state index is -1.35. The maximum Gasteiger partial charge on any atom is 0.329 e. The molecule has 0 heterocycles. The predicted octanol–water partition coefficient (Wildman–Crippen LogP) is 7.15. The van der Waals surface area contributed by atoms with Crippen LogP contribution >= 0.6 is 0 Å². The van der Waals surface area contributed by atoms with E-state index < -0.39 is 36.3 Å². The van der Waals surface area contributed by atoms with Gasteiger partial charge in [-0.1, -0.05) is 66.7 Å². The SMILES string of the molecule is C=CCc1cc(C)c(NC(=O)Nc2cc(-c3ccc(OC)cc3)ccc2C(=O)N[C@@H](CC(=O)OCC)C(=O)OCc2ccccc2)c(C)c1. The lowest BCUT2D eigenvalue weighted by Gasteiger charge is -2.19. The topological polar surface area (TPSA) is 132 Å². The minimum Gasteiger partial charge on any atom is -0.497 e. The first kappa shape index (κ1) is 35.9. The largest absolute Gasteiger partial charge is 0.497 e. The fourth-order valence-electron chi connectivity index (χ4n) is 5.26. The zero-order valence-electron chi connectivity index (χ0n) is 28.1.